The Bertz CT molecular complexity index is 634. The van der Waals surface area contributed by atoms with Gasteiger partial charge in [0.15, 0.2) is 0 Å². The number of carboxylic acids is 1. The van der Waals surface area contributed by atoms with Gasteiger partial charge in [0.1, 0.15) is 5.69 Å². The minimum atomic E-state index is -0.840. The molecule has 2 N–H and O–H groups in total. The van der Waals surface area contributed by atoms with Crippen molar-refractivity contribution in [3.63, 3.8) is 0 Å². The van der Waals surface area contributed by atoms with E-state index in [0.29, 0.717) is 17.8 Å². The summed E-state index contributed by atoms with van der Waals surface area (Å²) in [7, 11) is 1.79. The third-order valence-electron chi connectivity index (χ3n) is 2.75. The van der Waals surface area contributed by atoms with E-state index in [1.807, 2.05) is 6.07 Å². The van der Waals surface area contributed by atoms with Crippen LogP contribution < -0.4 is 5.32 Å². The zero-order valence-electron chi connectivity index (χ0n) is 11.0. The van der Waals surface area contributed by atoms with Gasteiger partial charge in [0.25, 0.3) is 5.91 Å². The van der Waals surface area contributed by atoms with E-state index in [4.69, 9.17) is 5.11 Å². The fraction of sp³-hybridized carbons (Fsp3) is 0.214. The number of rotatable bonds is 5. The Balaban J connectivity index is 2.04. The molecule has 0 bridgehead atoms. The number of nitrogens with one attached hydrogen (secondary N) is 1. The number of benzene rings is 1. The van der Waals surface area contributed by atoms with Crippen LogP contribution >= 0.6 is 0 Å². The SMILES string of the molecule is Cn1cnc(C(=O)Nc2cccc(CCC(=O)O)c2)c1. The maximum absolute atomic E-state index is 11.9. The summed E-state index contributed by atoms with van der Waals surface area (Å²) in [6.07, 6.45) is 3.68. The fourth-order valence-corrected chi connectivity index (χ4v) is 1.78. The zero-order valence-corrected chi connectivity index (χ0v) is 11.0. The number of hydrogen-bond acceptors (Lipinski definition) is 3. The number of aryl methyl sites for hydroxylation is 2. The quantitative estimate of drug-likeness (QED) is 0.868. The van der Waals surface area contributed by atoms with E-state index in [2.05, 4.69) is 10.3 Å². The molecule has 0 aliphatic rings. The zero-order chi connectivity index (χ0) is 14.5. The van der Waals surface area contributed by atoms with Crippen molar-refractivity contribution in [1.29, 1.82) is 0 Å². The Morgan fingerprint density at radius 1 is 1.40 bits per heavy atom. The molecule has 0 spiro atoms. The maximum Gasteiger partial charge on any atom is 0.303 e. The average Bonchev–Trinajstić information content (AvgIpc) is 2.84. The highest BCUT2D eigenvalue weighted by Gasteiger charge is 2.09. The molecule has 6 nitrogen and oxygen atoms in total. The number of aromatic nitrogens is 2. The van der Waals surface area contributed by atoms with E-state index in [9.17, 15) is 9.59 Å². The first-order valence-electron chi connectivity index (χ1n) is 6.14. The highest BCUT2D eigenvalue weighted by atomic mass is 16.4. The molecule has 2 rings (SSSR count). The molecular formula is C14H15N3O3. The minimum Gasteiger partial charge on any atom is -0.481 e. The lowest BCUT2D eigenvalue weighted by Gasteiger charge is -2.05. The van der Waals surface area contributed by atoms with Crippen molar-refractivity contribution in [2.75, 3.05) is 5.32 Å². The van der Waals surface area contributed by atoms with Gasteiger partial charge in [-0.15, -0.1) is 0 Å². The Kier molecular flexibility index (Phi) is 4.14. The van der Waals surface area contributed by atoms with Crippen molar-refractivity contribution in [2.24, 2.45) is 7.05 Å². The van der Waals surface area contributed by atoms with Crippen molar-refractivity contribution in [2.45, 2.75) is 12.8 Å². The van der Waals surface area contributed by atoms with Crippen LogP contribution in [0.1, 0.15) is 22.5 Å². The topological polar surface area (TPSA) is 84.2 Å². The number of carbonyl (C=O) groups is 2. The number of amides is 1. The van der Waals surface area contributed by atoms with Crippen LogP contribution in [0.4, 0.5) is 5.69 Å². The van der Waals surface area contributed by atoms with Gasteiger partial charge in [-0.2, -0.15) is 0 Å². The molecule has 20 heavy (non-hydrogen) atoms. The van der Waals surface area contributed by atoms with Crippen molar-refractivity contribution in [3.05, 3.63) is 48.0 Å². The third-order valence-corrected chi connectivity index (χ3v) is 2.75. The molecule has 0 radical (unpaired) electrons. The van der Waals surface area contributed by atoms with Crippen molar-refractivity contribution in [1.82, 2.24) is 9.55 Å². The average molecular weight is 273 g/mol. The highest BCUT2D eigenvalue weighted by molar-refractivity contribution is 6.02. The summed E-state index contributed by atoms with van der Waals surface area (Å²) in [6.45, 7) is 0. The van der Waals surface area contributed by atoms with Crippen molar-refractivity contribution >= 4 is 17.6 Å². The molecular weight excluding hydrogens is 258 g/mol. The summed E-state index contributed by atoms with van der Waals surface area (Å²) in [5.74, 6) is -1.13. The Hall–Kier alpha value is -2.63. The van der Waals surface area contributed by atoms with Gasteiger partial charge in [-0.3, -0.25) is 9.59 Å². The van der Waals surface area contributed by atoms with E-state index in [1.165, 1.54) is 0 Å². The summed E-state index contributed by atoms with van der Waals surface area (Å²) in [4.78, 5) is 26.4. The van der Waals surface area contributed by atoms with Crippen LogP contribution in [-0.2, 0) is 18.3 Å². The summed E-state index contributed by atoms with van der Waals surface area (Å²) >= 11 is 0. The van der Waals surface area contributed by atoms with E-state index >= 15 is 0 Å². The van der Waals surface area contributed by atoms with Crippen LogP contribution in [0.3, 0.4) is 0 Å². The lowest BCUT2D eigenvalue weighted by molar-refractivity contribution is -0.136. The molecule has 1 amide bonds. The lowest BCUT2D eigenvalue weighted by atomic mass is 10.1. The van der Waals surface area contributed by atoms with Gasteiger partial charge in [-0.05, 0) is 24.1 Å². The van der Waals surface area contributed by atoms with E-state index in [1.54, 1.807) is 42.3 Å². The standard InChI is InChI=1S/C14H15N3O3/c1-17-8-12(15-9-17)14(20)16-11-4-2-3-10(7-11)5-6-13(18)19/h2-4,7-9H,5-6H2,1H3,(H,16,20)(H,18,19). The lowest BCUT2D eigenvalue weighted by Crippen LogP contribution is -2.12. The second kappa shape index (κ2) is 6.01. The van der Waals surface area contributed by atoms with E-state index in [-0.39, 0.29) is 12.3 Å². The monoisotopic (exact) mass is 273 g/mol. The first kappa shape index (κ1) is 13.8. The Labute approximate surface area is 116 Å². The number of imidazole rings is 1. The van der Waals surface area contributed by atoms with Crippen LogP contribution in [0, 0.1) is 0 Å². The molecule has 0 saturated heterocycles. The van der Waals surface area contributed by atoms with Crippen LogP contribution in [0.15, 0.2) is 36.8 Å². The molecule has 2 aromatic rings. The van der Waals surface area contributed by atoms with E-state index < -0.39 is 5.97 Å². The van der Waals surface area contributed by atoms with Gasteiger partial charge >= 0.3 is 5.97 Å². The third kappa shape index (κ3) is 3.68. The van der Waals surface area contributed by atoms with E-state index in [0.717, 1.165) is 5.56 Å². The molecule has 1 aromatic heterocycles. The second-order valence-corrected chi connectivity index (χ2v) is 4.47. The van der Waals surface area contributed by atoms with Crippen molar-refractivity contribution in [3.8, 4) is 0 Å². The molecule has 0 unspecified atom stereocenters. The van der Waals surface area contributed by atoms with Gasteiger partial charge < -0.3 is 15.0 Å². The smallest absolute Gasteiger partial charge is 0.303 e. The molecule has 0 aliphatic carbocycles. The summed E-state index contributed by atoms with van der Waals surface area (Å²) in [6, 6.07) is 7.14. The minimum absolute atomic E-state index is 0.0671. The summed E-state index contributed by atoms with van der Waals surface area (Å²) < 4.78 is 1.69. The first-order valence-corrected chi connectivity index (χ1v) is 6.14. The molecule has 1 aromatic carbocycles. The summed E-state index contributed by atoms with van der Waals surface area (Å²) in [5, 5.41) is 11.4. The molecule has 104 valence electrons. The predicted molar refractivity (Wildman–Crippen MR) is 73.6 cm³/mol. The molecule has 1 heterocycles. The molecule has 6 heteroatoms. The molecule has 0 aliphatic heterocycles. The number of carbonyl (C=O) groups excluding carboxylic acids is 1. The second-order valence-electron chi connectivity index (χ2n) is 4.47. The van der Waals surface area contributed by atoms with Crippen LogP contribution in [0.5, 0.6) is 0 Å². The number of carboxylic acid groups (broad SMARTS) is 1. The Morgan fingerprint density at radius 2 is 2.20 bits per heavy atom. The van der Waals surface area contributed by atoms with Crippen molar-refractivity contribution < 1.29 is 14.7 Å². The first-order chi connectivity index (χ1) is 9.54. The number of hydrogen-bond donors (Lipinski definition) is 2. The largest absolute Gasteiger partial charge is 0.481 e. The maximum atomic E-state index is 11.9. The molecule has 0 atom stereocenters. The predicted octanol–water partition coefficient (Wildman–Crippen LogP) is 1.69. The number of aliphatic carboxylic acids is 1. The van der Waals surface area contributed by atoms with Crippen LogP contribution in [-0.4, -0.2) is 26.5 Å². The normalized spacial score (nSPS) is 10.2. The van der Waals surface area contributed by atoms with Gasteiger partial charge in [0.05, 0.1) is 6.33 Å². The molecule has 0 fully saturated rings. The fourth-order valence-electron chi connectivity index (χ4n) is 1.78. The van der Waals surface area contributed by atoms with Gasteiger partial charge in [-0.1, -0.05) is 12.1 Å². The van der Waals surface area contributed by atoms with Gasteiger partial charge in [0.2, 0.25) is 0 Å². The van der Waals surface area contributed by atoms with Gasteiger partial charge in [0, 0.05) is 25.4 Å². The summed E-state index contributed by atoms with van der Waals surface area (Å²) in [5.41, 5.74) is 1.83. The Morgan fingerprint density at radius 3 is 2.85 bits per heavy atom. The number of anilines is 1. The van der Waals surface area contributed by atoms with Crippen LogP contribution in [0.25, 0.3) is 0 Å². The van der Waals surface area contributed by atoms with Crippen LogP contribution in [0.2, 0.25) is 0 Å². The number of nitrogens with zero attached hydrogens (tertiary/aromatic N) is 2. The van der Waals surface area contributed by atoms with Gasteiger partial charge in [-0.25, -0.2) is 4.98 Å². The highest BCUT2D eigenvalue weighted by Crippen LogP contribution is 2.13. The molecule has 0 saturated carbocycles.